The van der Waals surface area contributed by atoms with Gasteiger partial charge in [-0.3, -0.25) is 0 Å². The van der Waals surface area contributed by atoms with Crippen LogP contribution in [0.15, 0.2) is 0 Å². The van der Waals surface area contributed by atoms with Crippen molar-refractivity contribution < 1.29 is 0 Å². The highest BCUT2D eigenvalue weighted by Crippen LogP contribution is 2.37. The first-order valence-electron chi connectivity index (χ1n) is 5.49. The van der Waals surface area contributed by atoms with Gasteiger partial charge >= 0.3 is 0 Å². The predicted octanol–water partition coefficient (Wildman–Crippen LogP) is 2.42. The largest absolute Gasteiger partial charge is 0.314 e. The monoisotopic (exact) mass is 167 g/mol. The van der Waals surface area contributed by atoms with Gasteiger partial charge in [0.25, 0.3) is 0 Å². The van der Waals surface area contributed by atoms with Crippen LogP contribution in [0.25, 0.3) is 0 Å². The molecule has 0 radical (unpaired) electrons. The molecule has 2 saturated heterocycles. The van der Waals surface area contributed by atoms with Crippen molar-refractivity contribution in [3.8, 4) is 0 Å². The molecule has 3 unspecified atom stereocenters. The summed E-state index contributed by atoms with van der Waals surface area (Å²) in [5.41, 5.74) is 0. The van der Waals surface area contributed by atoms with Crippen molar-refractivity contribution >= 4 is 0 Å². The van der Waals surface area contributed by atoms with Gasteiger partial charge in [-0.1, -0.05) is 13.8 Å². The Morgan fingerprint density at radius 3 is 2.58 bits per heavy atom. The number of hydrogen-bond donors (Lipinski definition) is 1. The Bertz CT molecular complexity index is 143. The summed E-state index contributed by atoms with van der Waals surface area (Å²) in [5, 5.41) is 3.62. The average Bonchev–Trinajstić information content (AvgIpc) is 2.05. The van der Waals surface area contributed by atoms with Gasteiger partial charge in [0.05, 0.1) is 0 Å². The van der Waals surface area contributed by atoms with Gasteiger partial charge in [-0.05, 0) is 50.0 Å². The van der Waals surface area contributed by atoms with Crippen LogP contribution in [0.4, 0.5) is 0 Å². The summed E-state index contributed by atoms with van der Waals surface area (Å²) in [4.78, 5) is 0. The van der Waals surface area contributed by atoms with E-state index in [2.05, 4.69) is 19.2 Å². The Labute approximate surface area is 75.9 Å². The minimum absolute atomic E-state index is 0.874. The standard InChI is InChI=1S/C11H21N/c1-8(2)5-10-6-11-4-3-9(10)7-12-11/h8-12H,3-7H2,1-2H3. The van der Waals surface area contributed by atoms with Crippen molar-refractivity contribution in [3.05, 3.63) is 0 Å². The third-order valence-corrected chi connectivity index (χ3v) is 3.58. The Hall–Kier alpha value is -0.0400. The molecule has 1 N–H and O–H groups in total. The molecule has 1 saturated carbocycles. The summed E-state index contributed by atoms with van der Waals surface area (Å²) in [6.45, 7) is 6.02. The Kier molecular flexibility index (Phi) is 2.40. The zero-order chi connectivity index (χ0) is 8.55. The molecule has 2 heterocycles. The van der Waals surface area contributed by atoms with Crippen molar-refractivity contribution in [1.29, 1.82) is 0 Å². The first kappa shape index (κ1) is 8.55. The lowest BCUT2D eigenvalue weighted by atomic mass is 9.70. The Morgan fingerprint density at radius 2 is 2.17 bits per heavy atom. The molecule has 70 valence electrons. The van der Waals surface area contributed by atoms with E-state index in [9.17, 15) is 0 Å². The topological polar surface area (TPSA) is 12.0 Å². The molecule has 0 aromatic heterocycles. The fourth-order valence-electron chi connectivity index (χ4n) is 2.99. The van der Waals surface area contributed by atoms with Crippen LogP contribution in [0, 0.1) is 17.8 Å². The van der Waals surface area contributed by atoms with Gasteiger partial charge in [0.2, 0.25) is 0 Å². The van der Waals surface area contributed by atoms with Crippen LogP contribution in [-0.2, 0) is 0 Å². The predicted molar refractivity (Wildman–Crippen MR) is 52.1 cm³/mol. The summed E-state index contributed by atoms with van der Waals surface area (Å²) in [6.07, 6.45) is 5.86. The number of nitrogens with one attached hydrogen (secondary N) is 1. The van der Waals surface area contributed by atoms with Gasteiger partial charge in [0, 0.05) is 6.04 Å². The molecule has 0 aromatic carbocycles. The Morgan fingerprint density at radius 1 is 1.33 bits per heavy atom. The molecule has 0 aromatic rings. The minimum Gasteiger partial charge on any atom is -0.314 e. The van der Waals surface area contributed by atoms with E-state index < -0.39 is 0 Å². The van der Waals surface area contributed by atoms with Crippen LogP contribution in [0.1, 0.15) is 39.5 Å². The Balaban J connectivity index is 1.91. The molecule has 3 aliphatic rings. The normalized spacial score (nSPS) is 40.8. The zero-order valence-electron chi connectivity index (χ0n) is 8.34. The molecule has 0 spiro atoms. The van der Waals surface area contributed by atoms with Crippen LogP contribution in [0.5, 0.6) is 0 Å². The van der Waals surface area contributed by atoms with Gasteiger partial charge in [-0.2, -0.15) is 0 Å². The van der Waals surface area contributed by atoms with E-state index in [-0.39, 0.29) is 0 Å². The molecule has 2 aliphatic heterocycles. The third-order valence-electron chi connectivity index (χ3n) is 3.58. The quantitative estimate of drug-likeness (QED) is 0.666. The second-order valence-corrected chi connectivity index (χ2v) is 5.07. The molecule has 12 heavy (non-hydrogen) atoms. The van der Waals surface area contributed by atoms with E-state index >= 15 is 0 Å². The second kappa shape index (κ2) is 3.37. The van der Waals surface area contributed by atoms with Gasteiger partial charge in [-0.25, -0.2) is 0 Å². The summed E-state index contributed by atoms with van der Waals surface area (Å²) >= 11 is 0. The van der Waals surface area contributed by atoms with Gasteiger partial charge in [-0.15, -0.1) is 0 Å². The van der Waals surface area contributed by atoms with Crippen molar-refractivity contribution in [2.24, 2.45) is 17.8 Å². The van der Waals surface area contributed by atoms with Gasteiger partial charge in [0.15, 0.2) is 0 Å². The SMILES string of the molecule is CC(C)CC1CC2CCC1CN2. The highest BCUT2D eigenvalue weighted by molar-refractivity contribution is 4.90. The van der Waals surface area contributed by atoms with E-state index in [0.29, 0.717) is 0 Å². The third kappa shape index (κ3) is 1.66. The molecule has 1 nitrogen and oxygen atoms in total. The molecular weight excluding hydrogens is 146 g/mol. The van der Waals surface area contributed by atoms with Crippen molar-refractivity contribution in [3.63, 3.8) is 0 Å². The highest BCUT2D eigenvalue weighted by Gasteiger charge is 2.34. The first-order chi connectivity index (χ1) is 5.75. The van der Waals surface area contributed by atoms with E-state index in [1.165, 1.54) is 32.2 Å². The van der Waals surface area contributed by atoms with Crippen molar-refractivity contribution in [2.45, 2.75) is 45.6 Å². The van der Waals surface area contributed by atoms with E-state index in [0.717, 1.165) is 23.8 Å². The maximum Gasteiger partial charge on any atom is 0.00700 e. The summed E-state index contributed by atoms with van der Waals surface area (Å²) < 4.78 is 0. The molecule has 1 heteroatoms. The number of fused-ring (bicyclic) bond motifs is 3. The molecule has 0 amide bonds. The van der Waals surface area contributed by atoms with E-state index in [1.54, 1.807) is 0 Å². The lowest BCUT2D eigenvalue weighted by molar-refractivity contribution is 0.114. The highest BCUT2D eigenvalue weighted by atomic mass is 14.9. The number of rotatable bonds is 2. The van der Waals surface area contributed by atoms with E-state index in [4.69, 9.17) is 0 Å². The lowest BCUT2D eigenvalue weighted by Gasteiger charge is -2.43. The smallest absolute Gasteiger partial charge is 0.00700 e. The zero-order valence-corrected chi connectivity index (χ0v) is 8.34. The fourth-order valence-corrected chi connectivity index (χ4v) is 2.99. The van der Waals surface area contributed by atoms with E-state index in [1.807, 2.05) is 0 Å². The van der Waals surface area contributed by atoms with Crippen LogP contribution in [0.2, 0.25) is 0 Å². The maximum atomic E-state index is 3.62. The second-order valence-electron chi connectivity index (χ2n) is 5.07. The molecule has 3 atom stereocenters. The molecule has 2 bridgehead atoms. The molecule has 3 fully saturated rings. The fraction of sp³-hybridized carbons (Fsp3) is 1.00. The molecule has 3 rings (SSSR count). The molecule has 1 aliphatic carbocycles. The first-order valence-corrected chi connectivity index (χ1v) is 5.49. The van der Waals surface area contributed by atoms with Crippen LogP contribution < -0.4 is 5.32 Å². The summed E-state index contributed by atoms with van der Waals surface area (Å²) in [7, 11) is 0. The van der Waals surface area contributed by atoms with Crippen LogP contribution >= 0.6 is 0 Å². The van der Waals surface area contributed by atoms with Crippen LogP contribution in [-0.4, -0.2) is 12.6 Å². The summed E-state index contributed by atoms with van der Waals surface area (Å²) in [5.74, 6) is 2.96. The molecular formula is C11H21N. The van der Waals surface area contributed by atoms with Crippen molar-refractivity contribution in [2.75, 3.05) is 6.54 Å². The lowest BCUT2D eigenvalue weighted by Crippen LogP contribution is -2.49. The maximum absolute atomic E-state index is 3.62. The van der Waals surface area contributed by atoms with Gasteiger partial charge in [0.1, 0.15) is 0 Å². The van der Waals surface area contributed by atoms with Gasteiger partial charge < -0.3 is 5.32 Å². The minimum atomic E-state index is 0.874. The number of hydrogen-bond acceptors (Lipinski definition) is 1. The van der Waals surface area contributed by atoms with Crippen molar-refractivity contribution in [1.82, 2.24) is 5.32 Å². The number of piperidine rings is 2. The summed E-state index contributed by atoms with van der Waals surface area (Å²) in [6, 6.07) is 0.874. The average molecular weight is 167 g/mol. The van der Waals surface area contributed by atoms with Crippen LogP contribution in [0.3, 0.4) is 0 Å².